The summed E-state index contributed by atoms with van der Waals surface area (Å²) >= 11 is 0.821. The molecule has 0 aliphatic carbocycles. The first-order valence-corrected chi connectivity index (χ1v) is 9.29. The van der Waals surface area contributed by atoms with Crippen LogP contribution in [0.4, 0.5) is 10.5 Å². The lowest BCUT2D eigenvalue weighted by molar-refractivity contribution is -0.127. The van der Waals surface area contributed by atoms with Crippen molar-refractivity contribution in [2.45, 2.75) is 0 Å². The Kier molecular flexibility index (Phi) is 6.29. The number of hydrogen-bond acceptors (Lipinski definition) is 5. The summed E-state index contributed by atoms with van der Waals surface area (Å²) in [5.41, 5.74) is 1.54. The van der Waals surface area contributed by atoms with Crippen LogP contribution in [-0.2, 0) is 9.59 Å². The van der Waals surface area contributed by atoms with Gasteiger partial charge < -0.3 is 10.1 Å². The zero-order chi connectivity index (χ0) is 19.9. The van der Waals surface area contributed by atoms with E-state index in [0.29, 0.717) is 11.4 Å². The van der Waals surface area contributed by atoms with E-state index in [1.807, 2.05) is 36.4 Å². The van der Waals surface area contributed by atoms with Crippen molar-refractivity contribution >= 4 is 40.6 Å². The van der Waals surface area contributed by atoms with E-state index in [9.17, 15) is 14.4 Å². The van der Waals surface area contributed by atoms with E-state index in [1.165, 1.54) is 0 Å². The Labute approximate surface area is 166 Å². The predicted octanol–water partition coefficient (Wildman–Crippen LogP) is 3.93. The number of carbonyl (C=O) groups is 3. The van der Waals surface area contributed by atoms with Crippen LogP contribution in [0.1, 0.15) is 5.56 Å². The highest BCUT2D eigenvalue weighted by Gasteiger charge is 2.35. The summed E-state index contributed by atoms with van der Waals surface area (Å²) in [4.78, 5) is 37.9. The van der Waals surface area contributed by atoms with E-state index in [4.69, 9.17) is 4.74 Å². The molecule has 1 saturated heterocycles. The van der Waals surface area contributed by atoms with Gasteiger partial charge in [-0.15, -0.1) is 0 Å². The molecule has 1 N–H and O–H groups in total. The van der Waals surface area contributed by atoms with E-state index in [0.717, 1.165) is 22.2 Å². The van der Waals surface area contributed by atoms with Crippen molar-refractivity contribution in [1.82, 2.24) is 4.90 Å². The molecule has 7 heteroatoms. The molecule has 0 atom stereocenters. The summed E-state index contributed by atoms with van der Waals surface area (Å²) in [5.74, 6) is -0.260. The molecule has 1 heterocycles. The standard InChI is InChI=1S/C21H18N2O4S/c1-27-17-12-10-16(11-13-17)22-19(24)14-23-20(25)18(28-21(23)26)9-5-8-15-6-3-2-4-7-15/h2-13H,14H2,1H3,(H,22,24)/b8-5-,18-9+. The van der Waals surface area contributed by atoms with E-state index in [2.05, 4.69) is 5.32 Å². The second kappa shape index (κ2) is 9.05. The van der Waals surface area contributed by atoms with Crippen molar-refractivity contribution in [3.63, 3.8) is 0 Å². The van der Waals surface area contributed by atoms with Crippen molar-refractivity contribution in [1.29, 1.82) is 0 Å². The van der Waals surface area contributed by atoms with Crippen molar-refractivity contribution in [3.05, 3.63) is 77.2 Å². The van der Waals surface area contributed by atoms with Gasteiger partial charge in [0.1, 0.15) is 12.3 Å². The Morgan fingerprint density at radius 2 is 1.82 bits per heavy atom. The molecule has 28 heavy (non-hydrogen) atoms. The quantitative estimate of drug-likeness (QED) is 0.752. The first kappa shape index (κ1) is 19.4. The van der Waals surface area contributed by atoms with Crippen LogP contribution in [0.2, 0.25) is 0 Å². The highest BCUT2D eigenvalue weighted by molar-refractivity contribution is 8.18. The number of methoxy groups -OCH3 is 1. The Balaban J connectivity index is 1.60. The molecule has 1 aliphatic rings. The number of nitrogens with one attached hydrogen (secondary N) is 1. The number of allylic oxidation sites excluding steroid dienone is 2. The smallest absolute Gasteiger partial charge is 0.294 e. The normalized spacial score (nSPS) is 15.5. The third kappa shape index (κ3) is 4.89. The van der Waals surface area contributed by atoms with Crippen LogP contribution in [-0.4, -0.2) is 35.6 Å². The van der Waals surface area contributed by atoms with Crippen LogP contribution >= 0.6 is 11.8 Å². The molecule has 1 fully saturated rings. The van der Waals surface area contributed by atoms with Gasteiger partial charge in [0.05, 0.1) is 12.0 Å². The van der Waals surface area contributed by atoms with Crippen molar-refractivity contribution in [2.24, 2.45) is 0 Å². The van der Waals surface area contributed by atoms with E-state index in [-0.39, 0.29) is 11.4 Å². The number of ether oxygens (including phenoxy) is 1. The summed E-state index contributed by atoms with van der Waals surface area (Å²) in [5, 5.41) is 2.19. The minimum absolute atomic E-state index is 0.287. The molecule has 1 aliphatic heterocycles. The van der Waals surface area contributed by atoms with Gasteiger partial charge in [0.25, 0.3) is 11.1 Å². The lowest BCUT2D eigenvalue weighted by Crippen LogP contribution is -2.36. The monoisotopic (exact) mass is 394 g/mol. The summed E-state index contributed by atoms with van der Waals surface area (Å²) in [6, 6.07) is 16.4. The van der Waals surface area contributed by atoms with Gasteiger partial charge in [-0.3, -0.25) is 19.3 Å². The van der Waals surface area contributed by atoms with Gasteiger partial charge in [-0.1, -0.05) is 42.5 Å². The van der Waals surface area contributed by atoms with Gasteiger partial charge in [0, 0.05) is 5.69 Å². The minimum atomic E-state index is -0.474. The number of rotatable bonds is 6. The SMILES string of the molecule is COc1ccc(NC(=O)CN2C(=O)S/C(=C/C=C\c3ccccc3)C2=O)cc1. The van der Waals surface area contributed by atoms with Crippen LogP contribution < -0.4 is 10.1 Å². The zero-order valence-corrected chi connectivity index (χ0v) is 15.9. The van der Waals surface area contributed by atoms with Crippen LogP contribution in [0.15, 0.2) is 71.7 Å². The molecule has 0 unspecified atom stereocenters. The minimum Gasteiger partial charge on any atom is -0.497 e. The summed E-state index contributed by atoms with van der Waals surface area (Å²) in [7, 11) is 1.55. The van der Waals surface area contributed by atoms with Crippen LogP contribution in [0.25, 0.3) is 6.08 Å². The number of carbonyl (C=O) groups excluding carboxylic acids is 3. The van der Waals surface area contributed by atoms with Gasteiger partial charge in [0.15, 0.2) is 0 Å². The average Bonchev–Trinajstić information content (AvgIpc) is 2.97. The fraction of sp³-hybridized carbons (Fsp3) is 0.0952. The number of benzene rings is 2. The van der Waals surface area contributed by atoms with Gasteiger partial charge in [-0.05, 0) is 47.7 Å². The summed E-state index contributed by atoms with van der Waals surface area (Å²) in [6.45, 7) is -0.337. The largest absolute Gasteiger partial charge is 0.497 e. The Hall–Kier alpha value is -3.32. The van der Waals surface area contributed by atoms with Crippen LogP contribution in [0, 0.1) is 0 Å². The number of imide groups is 1. The Bertz CT molecular complexity index is 937. The second-order valence-electron chi connectivity index (χ2n) is 5.84. The molecular formula is C21H18N2O4S. The molecule has 0 radical (unpaired) electrons. The maximum atomic E-state index is 12.4. The molecule has 0 aromatic heterocycles. The third-order valence-electron chi connectivity index (χ3n) is 3.88. The zero-order valence-electron chi connectivity index (χ0n) is 15.1. The van der Waals surface area contributed by atoms with Crippen LogP contribution in [0.5, 0.6) is 5.75 Å². The maximum Gasteiger partial charge on any atom is 0.294 e. The molecule has 6 nitrogen and oxygen atoms in total. The second-order valence-corrected chi connectivity index (χ2v) is 6.83. The fourth-order valence-corrected chi connectivity index (χ4v) is 3.27. The molecule has 2 aromatic carbocycles. The molecule has 0 bridgehead atoms. The van der Waals surface area contributed by atoms with Crippen molar-refractivity contribution in [2.75, 3.05) is 19.0 Å². The molecule has 142 valence electrons. The number of thioether (sulfide) groups is 1. The topological polar surface area (TPSA) is 75.7 Å². The van der Waals surface area contributed by atoms with Crippen LogP contribution in [0.3, 0.4) is 0 Å². The fourth-order valence-electron chi connectivity index (χ4n) is 2.48. The molecule has 3 rings (SSSR count). The van der Waals surface area contributed by atoms with E-state index in [1.54, 1.807) is 43.5 Å². The average molecular weight is 394 g/mol. The lowest BCUT2D eigenvalue weighted by atomic mass is 10.2. The van der Waals surface area contributed by atoms with Gasteiger partial charge in [-0.25, -0.2) is 0 Å². The number of anilines is 1. The molecular weight excluding hydrogens is 376 g/mol. The Morgan fingerprint density at radius 1 is 1.11 bits per heavy atom. The van der Waals surface area contributed by atoms with Gasteiger partial charge in [0.2, 0.25) is 5.91 Å². The predicted molar refractivity (Wildman–Crippen MR) is 110 cm³/mol. The third-order valence-corrected chi connectivity index (χ3v) is 4.81. The first-order valence-electron chi connectivity index (χ1n) is 8.48. The molecule has 0 spiro atoms. The number of amides is 3. The highest BCUT2D eigenvalue weighted by atomic mass is 32.2. The van der Waals surface area contributed by atoms with Gasteiger partial charge >= 0.3 is 0 Å². The van der Waals surface area contributed by atoms with E-state index >= 15 is 0 Å². The first-order chi connectivity index (χ1) is 13.6. The Morgan fingerprint density at radius 3 is 2.50 bits per heavy atom. The van der Waals surface area contributed by atoms with Gasteiger partial charge in [-0.2, -0.15) is 0 Å². The number of hydrogen-bond donors (Lipinski definition) is 1. The number of nitrogens with zero attached hydrogens (tertiary/aromatic N) is 1. The van der Waals surface area contributed by atoms with Crippen molar-refractivity contribution in [3.8, 4) is 5.75 Å². The summed E-state index contributed by atoms with van der Waals surface area (Å²) < 4.78 is 5.06. The highest BCUT2D eigenvalue weighted by Crippen LogP contribution is 2.30. The molecule has 2 aromatic rings. The molecule has 3 amide bonds. The lowest BCUT2D eigenvalue weighted by Gasteiger charge is -2.12. The van der Waals surface area contributed by atoms with Crippen molar-refractivity contribution < 1.29 is 19.1 Å². The molecule has 0 saturated carbocycles. The summed E-state index contributed by atoms with van der Waals surface area (Å²) in [6.07, 6.45) is 5.13. The van der Waals surface area contributed by atoms with E-state index < -0.39 is 17.1 Å². The maximum absolute atomic E-state index is 12.4.